The minimum absolute atomic E-state index is 0.0213. The smallest absolute Gasteiger partial charge is 0.255 e. The van der Waals surface area contributed by atoms with Crippen LogP contribution in [0.15, 0.2) is 91.0 Å². The number of aromatic nitrogens is 1. The third-order valence-electron chi connectivity index (χ3n) is 6.84. The number of carbonyl (C=O) groups excluding carboxylic acids is 1. The van der Waals surface area contributed by atoms with Gasteiger partial charge in [0.2, 0.25) is 0 Å². The topological polar surface area (TPSA) is 28.5 Å². The predicted molar refractivity (Wildman–Crippen MR) is 149 cm³/mol. The molecule has 3 aromatic carbocycles. The Morgan fingerprint density at radius 1 is 0.919 bits per heavy atom. The second-order valence-electron chi connectivity index (χ2n) is 9.25. The van der Waals surface area contributed by atoms with Gasteiger partial charge in [-0.3, -0.25) is 9.69 Å². The Labute approximate surface area is 222 Å². The van der Waals surface area contributed by atoms with Crippen LogP contribution < -0.4 is 0 Å². The number of rotatable bonds is 6. The van der Waals surface area contributed by atoms with Gasteiger partial charge in [0.15, 0.2) is 0 Å². The van der Waals surface area contributed by atoms with Gasteiger partial charge in [-0.2, -0.15) is 0 Å². The summed E-state index contributed by atoms with van der Waals surface area (Å²) in [5.41, 5.74) is 5.29. The van der Waals surface area contributed by atoms with Crippen molar-refractivity contribution < 1.29 is 9.18 Å². The lowest BCUT2D eigenvalue weighted by molar-refractivity contribution is 0.0649. The van der Waals surface area contributed by atoms with Crippen molar-refractivity contribution in [3.8, 4) is 16.9 Å². The van der Waals surface area contributed by atoms with Crippen LogP contribution in [0.4, 0.5) is 4.39 Å². The average molecular weight is 514 g/mol. The molecule has 0 atom stereocenters. The molecule has 4 aromatic rings. The number of halogens is 2. The molecule has 37 heavy (non-hydrogen) atoms. The van der Waals surface area contributed by atoms with E-state index in [1.54, 1.807) is 12.1 Å². The lowest BCUT2D eigenvalue weighted by Gasteiger charge is -2.34. The second kappa shape index (κ2) is 11.2. The number of piperazine rings is 1. The first-order valence-electron chi connectivity index (χ1n) is 12.5. The highest BCUT2D eigenvalue weighted by Crippen LogP contribution is 2.31. The number of nitrogens with zero attached hydrogens (tertiary/aromatic N) is 3. The molecule has 0 unspecified atom stereocenters. The van der Waals surface area contributed by atoms with Crippen LogP contribution in [0, 0.1) is 12.7 Å². The van der Waals surface area contributed by atoms with Gasteiger partial charge in [-0.05, 0) is 60.5 Å². The lowest BCUT2D eigenvalue weighted by Crippen LogP contribution is -2.48. The number of hydrogen-bond donors (Lipinski definition) is 0. The Bertz CT molecular complexity index is 1390. The van der Waals surface area contributed by atoms with Crippen molar-refractivity contribution in [2.75, 3.05) is 32.7 Å². The molecule has 6 heteroatoms. The van der Waals surface area contributed by atoms with Gasteiger partial charge in [0.25, 0.3) is 5.91 Å². The van der Waals surface area contributed by atoms with Crippen molar-refractivity contribution in [1.82, 2.24) is 14.4 Å². The fraction of sp³-hybridized carbons (Fsp3) is 0.194. The van der Waals surface area contributed by atoms with E-state index in [4.69, 9.17) is 11.6 Å². The molecule has 0 bridgehead atoms. The average Bonchev–Trinajstić information content (AvgIpc) is 3.27. The SMILES string of the molecule is Cc1c(C(=O)N2CCN(C/C=C/c3ccccc3)CC2)cc(-c2ccc(Cl)cc2)n1-c1ccc(F)cc1. The standard InChI is InChI=1S/C31H29ClFN3O/c1-23-29(31(37)35-20-18-34(19-21-35)17-5-8-24-6-3-2-4-7-24)22-30(25-9-11-26(32)12-10-25)36(23)28-15-13-27(33)14-16-28/h2-16,22H,17-21H2,1H3/b8-5+. The van der Waals surface area contributed by atoms with Crippen molar-refractivity contribution in [3.63, 3.8) is 0 Å². The summed E-state index contributed by atoms with van der Waals surface area (Å²) in [4.78, 5) is 18.0. The van der Waals surface area contributed by atoms with E-state index in [9.17, 15) is 9.18 Å². The molecule has 1 amide bonds. The van der Waals surface area contributed by atoms with Gasteiger partial charge < -0.3 is 9.47 Å². The van der Waals surface area contributed by atoms with Crippen LogP contribution in [0.25, 0.3) is 23.0 Å². The summed E-state index contributed by atoms with van der Waals surface area (Å²) in [6.07, 6.45) is 4.31. The Morgan fingerprint density at radius 3 is 2.27 bits per heavy atom. The fourth-order valence-corrected chi connectivity index (χ4v) is 4.91. The monoisotopic (exact) mass is 513 g/mol. The van der Waals surface area contributed by atoms with E-state index >= 15 is 0 Å². The van der Waals surface area contributed by atoms with Gasteiger partial charge in [0, 0.05) is 49.1 Å². The Morgan fingerprint density at radius 2 is 1.59 bits per heavy atom. The molecule has 5 rings (SSSR count). The zero-order valence-electron chi connectivity index (χ0n) is 20.8. The first-order chi connectivity index (χ1) is 18.0. The summed E-state index contributed by atoms with van der Waals surface area (Å²) >= 11 is 6.12. The molecule has 1 aromatic heterocycles. The van der Waals surface area contributed by atoms with Gasteiger partial charge >= 0.3 is 0 Å². The molecule has 0 radical (unpaired) electrons. The molecule has 1 fully saturated rings. The maximum absolute atomic E-state index is 13.7. The molecule has 0 aliphatic carbocycles. The van der Waals surface area contributed by atoms with Gasteiger partial charge in [-0.1, -0.05) is 66.2 Å². The molecule has 0 saturated carbocycles. The second-order valence-corrected chi connectivity index (χ2v) is 9.69. The molecular formula is C31H29ClFN3O. The molecular weight excluding hydrogens is 485 g/mol. The maximum Gasteiger partial charge on any atom is 0.255 e. The van der Waals surface area contributed by atoms with E-state index < -0.39 is 0 Å². The highest BCUT2D eigenvalue weighted by molar-refractivity contribution is 6.30. The van der Waals surface area contributed by atoms with Crippen LogP contribution in [-0.4, -0.2) is 53.0 Å². The molecule has 1 aliphatic rings. The predicted octanol–water partition coefficient (Wildman–Crippen LogP) is 6.72. The molecule has 188 valence electrons. The van der Waals surface area contributed by atoms with Gasteiger partial charge in [0.1, 0.15) is 5.82 Å². The van der Waals surface area contributed by atoms with Crippen molar-refractivity contribution >= 4 is 23.6 Å². The van der Waals surface area contributed by atoms with Crippen LogP contribution in [0.1, 0.15) is 21.6 Å². The number of amides is 1. The first kappa shape index (κ1) is 25.0. The minimum Gasteiger partial charge on any atom is -0.336 e. The van der Waals surface area contributed by atoms with E-state index in [1.165, 1.54) is 17.7 Å². The van der Waals surface area contributed by atoms with Gasteiger partial charge in [-0.15, -0.1) is 0 Å². The summed E-state index contributed by atoms with van der Waals surface area (Å²) in [7, 11) is 0. The third-order valence-corrected chi connectivity index (χ3v) is 7.09. The lowest BCUT2D eigenvalue weighted by atomic mass is 10.1. The van der Waals surface area contributed by atoms with Crippen LogP contribution in [0.3, 0.4) is 0 Å². The Kier molecular flexibility index (Phi) is 7.54. The summed E-state index contributed by atoms with van der Waals surface area (Å²) < 4.78 is 15.7. The molecule has 2 heterocycles. The van der Waals surface area contributed by atoms with E-state index in [0.717, 1.165) is 42.3 Å². The summed E-state index contributed by atoms with van der Waals surface area (Å²) in [5, 5.41) is 0.646. The molecule has 1 aliphatic heterocycles. The largest absolute Gasteiger partial charge is 0.336 e. The highest BCUT2D eigenvalue weighted by atomic mass is 35.5. The van der Waals surface area contributed by atoms with Crippen molar-refractivity contribution in [1.29, 1.82) is 0 Å². The molecule has 0 N–H and O–H groups in total. The van der Waals surface area contributed by atoms with Crippen LogP contribution in [0.2, 0.25) is 5.02 Å². The van der Waals surface area contributed by atoms with Crippen LogP contribution >= 0.6 is 11.6 Å². The number of benzene rings is 3. The van der Waals surface area contributed by atoms with Crippen molar-refractivity contribution in [3.05, 3.63) is 119 Å². The van der Waals surface area contributed by atoms with E-state index in [2.05, 4.69) is 29.2 Å². The van der Waals surface area contributed by atoms with Gasteiger partial charge in [-0.25, -0.2) is 4.39 Å². The van der Waals surface area contributed by atoms with Crippen molar-refractivity contribution in [2.45, 2.75) is 6.92 Å². The van der Waals surface area contributed by atoms with Gasteiger partial charge in [0.05, 0.1) is 11.3 Å². The minimum atomic E-state index is -0.297. The molecule has 1 saturated heterocycles. The van der Waals surface area contributed by atoms with Crippen molar-refractivity contribution in [2.24, 2.45) is 0 Å². The highest BCUT2D eigenvalue weighted by Gasteiger charge is 2.26. The zero-order valence-corrected chi connectivity index (χ0v) is 21.5. The molecule has 4 nitrogen and oxygen atoms in total. The third kappa shape index (κ3) is 5.68. The number of hydrogen-bond acceptors (Lipinski definition) is 2. The summed E-state index contributed by atoms with van der Waals surface area (Å²) in [6, 6.07) is 26.1. The summed E-state index contributed by atoms with van der Waals surface area (Å²) in [6.45, 7) is 5.81. The Hall–Kier alpha value is -3.67. The molecule has 0 spiro atoms. The van der Waals surface area contributed by atoms with E-state index in [0.29, 0.717) is 23.7 Å². The quantitative estimate of drug-likeness (QED) is 0.286. The Balaban J connectivity index is 1.34. The fourth-order valence-electron chi connectivity index (χ4n) is 4.79. The maximum atomic E-state index is 13.7. The van der Waals surface area contributed by atoms with E-state index in [-0.39, 0.29) is 11.7 Å². The van der Waals surface area contributed by atoms with E-state index in [1.807, 2.05) is 64.9 Å². The zero-order chi connectivity index (χ0) is 25.8. The normalized spacial score (nSPS) is 14.4. The first-order valence-corrected chi connectivity index (χ1v) is 12.8. The summed E-state index contributed by atoms with van der Waals surface area (Å²) in [5.74, 6) is -0.276. The van der Waals surface area contributed by atoms with Crippen LogP contribution in [-0.2, 0) is 0 Å². The van der Waals surface area contributed by atoms with Crippen LogP contribution in [0.5, 0.6) is 0 Å². The number of carbonyl (C=O) groups is 1.